The monoisotopic (exact) mass is 241 g/mol. The van der Waals surface area contributed by atoms with Gasteiger partial charge in [-0.1, -0.05) is 12.1 Å². The van der Waals surface area contributed by atoms with Gasteiger partial charge in [0.2, 0.25) is 0 Å². The van der Waals surface area contributed by atoms with Crippen molar-refractivity contribution < 1.29 is 0 Å². The van der Waals surface area contributed by atoms with Crippen molar-refractivity contribution in [2.24, 2.45) is 0 Å². The number of benzene rings is 1. The third kappa shape index (κ3) is 1.27. The molecular formula is C9H8BrNS. The molecule has 0 atom stereocenters. The molecule has 0 unspecified atom stereocenters. The van der Waals surface area contributed by atoms with E-state index in [9.17, 15) is 0 Å². The van der Waals surface area contributed by atoms with E-state index >= 15 is 0 Å². The zero-order valence-corrected chi connectivity index (χ0v) is 8.82. The maximum absolute atomic E-state index is 4.21. The van der Waals surface area contributed by atoms with Gasteiger partial charge in [-0.2, -0.15) is 12.6 Å². The molecule has 0 aliphatic carbocycles. The number of para-hydroxylation sites is 1. The van der Waals surface area contributed by atoms with Crippen LogP contribution in [0, 0.1) is 0 Å². The molecule has 0 radical (unpaired) electrons. The van der Waals surface area contributed by atoms with Gasteiger partial charge >= 0.3 is 0 Å². The number of fused-ring (bicyclic) bond motifs is 1. The molecule has 2 aromatic rings. The molecule has 1 nitrogen and oxygen atoms in total. The summed E-state index contributed by atoms with van der Waals surface area (Å²) in [7, 11) is 0. The molecule has 0 aliphatic rings. The topological polar surface area (TPSA) is 15.8 Å². The lowest BCUT2D eigenvalue weighted by Crippen LogP contribution is -1.74. The lowest BCUT2D eigenvalue weighted by atomic mass is 10.2. The average molecular weight is 242 g/mol. The van der Waals surface area contributed by atoms with Crippen LogP contribution in [0.3, 0.4) is 0 Å². The summed E-state index contributed by atoms with van der Waals surface area (Å²) < 4.78 is 1.10. The molecule has 0 bridgehead atoms. The molecule has 0 saturated carbocycles. The smallest absolute Gasteiger partial charge is 0.0600 e. The van der Waals surface area contributed by atoms with Gasteiger partial charge < -0.3 is 4.98 Å². The first kappa shape index (κ1) is 8.20. The number of nitrogens with one attached hydrogen (secondary N) is 1. The summed E-state index contributed by atoms with van der Waals surface area (Å²) >= 11 is 7.69. The van der Waals surface area contributed by atoms with Crippen LogP contribution in [-0.2, 0) is 5.75 Å². The summed E-state index contributed by atoms with van der Waals surface area (Å²) in [6.07, 6.45) is 0. The number of aromatic nitrogens is 1. The lowest BCUT2D eigenvalue weighted by Gasteiger charge is -1.91. The Hall–Kier alpha value is -0.410. The van der Waals surface area contributed by atoms with Crippen molar-refractivity contribution in [3.63, 3.8) is 0 Å². The summed E-state index contributed by atoms with van der Waals surface area (Å²) in [4.78, 5) is 3.29. The number of thiol groups is 1. The standard InChI is InChI=1S/C9H8BrNS/c10-8-3-1-2-6-4-7(5-12)11-9(6)8/h1-4,11-12H,5H2. The molecular weight excluding hydrogens is 234 g/mol. The molecule has 2 rings (SSSR count). The number of hydrogen-bond acceptors (Lipinski definition) is 1. The molecule has 1 heterocycles. The molecule has 0 fully saturated rings. The van der Waals surface area contributed by atoms with E-state index in [1.54, 1.807) is 0 Å². The van der Waals surface area contributed by atoms with E-state index in [1.807, 2.05) is 12.1 Å². The van der Waals surface area contributed by atoms with Crippen molar-refractivity contribution >= 4 is 39.5 Å². The quantitative estimate of drug-likeness (QED) is 0.713. The van der Waals surface area contributed by atoms with Gasteiger partial charge in [-0.3, -0.25) is 0 Å². The van der Waals surface area contributed by atoms with Crippen molar-refractivity contribution in [1.82, 2.24) is 4.98 Å². The second kappa shape index (κ2) is 3.15. The Kier molecular flexibility index (Phi) is 2.15. The van der Waals surface area contributed by atoms with Gasteiger partial charge in [-0.25, -0.2) is 0 Å². The molecule has 12 heavy (non-hydrogen) atoms. The van der Waals surface area contributed by atoms with Crippen LogP contribution in [0.15, 0.2) is 28.7 Å². The van der Waals surface area contributed by atoms with E-state index in [-0.39, 0.29) is 0 Å². The van der Waals surface area contributed by atoms with Gasteiger partial charge in [0.05, 0.1) is 5.52 Å². The van der Waals surface area contributed by atoms with Crippen LogP contribution in [0.2, 0.25) is 0 Å². The second-order valence-corrected chi connectivity index (χ2v) is 3.83. The van der Waals surface area contributed by atoms with Crippen molar-refractivity contribution in [1.29, 1.82) is 0 Å². The predicted octanol–water partition coefficient (Wildman–Crippen LogP) is 3.36. The number of H-pyrrole nitrogens is 1. The van der Waals surface area contributed by atoms with E-state index in [0.717, 1.165) is 21.4 Å². The van der Waals surface area contributed by atoms with Crippen LogP contribution in [0.1, 0.15) is 5.69 Å². The maximum atomic E-state index is 4.21. The SMILES string of the molecule is SCc1cc2cccc(Br)c2[nH]1. The first-order valence-corrected chi connectivity index (χ1v) is 5.11. The van der Waals surface area contributed by atoms with E-state index in [2.05, 4.69) is 45.7 Å². The first-order chi connectivity index (χ1) is 5.81. The summed E-state index contributed by atoms with van der Waals surface area (Å²) in [5.74, 6) is 0.751. The van der Waals surface area contributed by atoms with Crippen LogP contribution in [0.5, 0.6) is 0 Å². The van der Waals surface area contributed by atoms with Crippen LogP contribution in [-0.4, -0.2) is 4.98 Å². The highest BCUT2D eigenvalue weighted by Crippen LogP contribution is 2.24. The zero-order chi connectivity index (χ0) is 8.55. The Labute approximate surface area is 84.7 Å². The van der Waals surface area contributed by atoms with E-state index in [1.165, 1.54) is 5.39 Å². The van der Waals surface area contributed by atoms with Gasteiger partial charge in [0.1, 0.15) is 0 Å². The molecule has 1 aromatic heterocycles. The van der Waals surface area contributed by atoms with Crippen molar-refractivity contribution in [2.75, 3.05) is 0 Å². The molecule has 3 heteroatoms. The van der Waals surface area contributed by atoms with Crippen LogP contribution in [0.4, 0.5) is 0 Å². The van der Waals surface area contributed by atoms with Gasteiger partial charge in [0, 0.05) is 21.3 Å². The summed E-state index contributed by atoms with van der Waals surface area (Å²) in [6.45, 7) is 0. The normalized spacial score (nSPS) is 10.8. The molecule has 62 valence electrons. The predicted molar refractivity (Wildman–Crippen MR) is 58.7 cm³/mol. The highest BCUT2D eigenvalue weighted by molar-refractivity contribution is 9.10. The van der Waals surface area contributed by atoms with Crippen molar-refractivity contribution in [3.05, 3.63) is 34.4 Å². The molecule has 1 aromatic carbocycles. The van der Waals surface area contributed by atoms with E-state index in [4.69, 9.17) is 0 Å². The number of hydrogen-bond donors (Lipinski definition) is 2. The summed E-state index contributed by atoms with van der Waals surface area (Å²) in [5.41, 5.74) is 2.31. The molecule has 1 N–H and O–H groups in total. The third-order valence-electron chi connectivity index (χ3n) is 1.83. The molecule has 0 spiro atoms. The van der Waals surface area contributed by atoms with Crippen molar-refractivity contribution in [3.8, 4) is 0 Å². The van der Waals surface area contributed by atoms with Crippen LogP contribution < -0.4 is 0 Å². The summed E-state index contributed by atoms with van der Waals surface area (Å²) in [6, 6.07) is 8.26. The first-order valence-electron chi connectivity index (χ1n) is 3.68. The fourth-order valence-corrected chi connectivity index (χ4v) is 1.91. The molecule has 0 aliphatic heterocycles. The number of halogens is 1. The number of rotatable bonds is 1. The minimum Gasteiger partial charge on any atom is -0.357 e. The average Bonchev–Trinajstić information content (AvgIpc) is 2.49. The lowest BCUT2D eigenvalue weighted by molar-refractivity contribution is 1.27. The highest BCUT2D eigenvalue weighted by Gasteiger charge is 2.01. The van der Waals surface area contributed by atoms with Gasteiger partial charge in [-0.15, -0.1) is 0 Å². The van der Waals surface area contributed by atoms with Gasteiger partial charge in [0.15, 0.2) is 0 Å². The maximum Gasteiger partial charge on any atom is 0.0600 e. The van der Waals surface area contributed by atoms with E-state index in [0.29, 0.717) is 0 Å². The molecule has 0 saturated heterocycles. The zero-order valence-electron chi connectivity index (χ0n) is 6.34. The Morgan fingerprint density at radius 3 is 2.92 bits per heavy atom. The fraction of sp³-hybridized carbons (Fsp3) is 0.111. The Balaban J connectivity index is 2.74. The number of aromatic amines is 1. The van der Waals surface area contributed by atoms with Gasteiger partial charge in [0.25, 0.3) is 0 Å². The molecule has 0 amide bonds. The third-order valence-corrected chi connectivity index (χ3v) is 2.83. The Bertz CT molecular complexity index is 408. The minimum atomic E-state index is 0.751. The highest BCUT2D eigenvalue weighted by atomic mass is 79.9. The van der Waals surface area contributed by atoms with Crippen LogP contribution >= 0.6 is 28.6 Å². The second-order valence-electron chi connectivity index (χ2n) is 2.66. The summed E-state index contributed by atoms with van der Waals surface area (Å²) in [5, 5.41) is 1.23. The Morgan fingerprint density at radius 2 is 2.25 bits per heavy atom. The van der Waals surface area contributed by atoms with E-state index < -0.39 is 0 Å². The van der Waals surface area contributed by atoms with Crippen molar-refractivity contribution in [2.45, 2.75) is 5.75 Å². The van der Waals surface area contributed by atoms with Gasteiger partial charge in [-0.05, 0) is 28.1 Å². The fourth-order valence-electron chi connectivity index (χ4n) is 1.26. The minimum absolute atomic E-state index is 0.751. The van der Waals surface area contributed by atoms with Crippen LogP contribution in [0.25, 0.3) is 10.9 Å². The largest absolute Gasteiger partial charge is 0.357 e. The Morgan fingerprint density at radius 1 is 1.42 bits per heavy atom.